The number of hydrogen-bond donors (Lipinski definition) is 1. The molecule has 98 valence electrons. The second-order valence-corrected chi connectivity index (χ2v) is 6.00. The zero-order valence-corrected chi connectivity index (χ0v) is 11.4. The summed E-state index contributed by atoms with van der Waals surface area (Å²) in [4.78, 5) is 13.5. The average molecular weight is 268 g/mol. The van der Waals surface area contributed by atoms with Gasteiger partial charge in [-0.25, -0.2) is 0 Å². The van der Waals surface area contributed by atoms with Crippen molar-refractivity contribution in [2.24, 2.45) is 11.3 Å². The van der Waals surface area contributed by atoms with Crippen LogP contribution in [0.15, 0.2) is 24.3 Å². The van der Waals surface area contributed by atoms with Crippen molar-refractivity contribution >= 4 is 23.3 Å². The van der Waals surface area contributed by atoms with Crippen molar-refractivity contribution in [3.63, 3.8) is 0 Å². The summed E-state index contributed by atoms with van der Waals surface area (Å²) in [5.41, 5.74) is 0.889. The average Bonchev–Trinajstić information content (AvgIpc) is 2.28. The van der Waals surface area contributed by atoms with Crippen molar-refractivity contribution in [2.45, 2.75) is 20.3 Å². The molecule has 18 heavy (non-hydrogen) atoms. The van der Waals surface area contributed by atoms with Crippen LogP contribution < -0.4 is 4.90 Å². The van der Waals surface area contributed by atoms with Crippen molar-refractivity contribution in [3.8, 4) is 0 Å². The van der Waals surface area contributed by atoms with E-state index in [9.17, 15) is 9.90 Å². The van der Waals surface area contributed by atoms with Crippen molar-refractivity contribution in [1.82, 2.24) is 0 Å². The van der Waals surface area contributed by atoms with Crippen molar-refractivity contribution in [2.75, 3.05) is 18.0 Å². The molecule has 4 heteroatoms. The minimum Gasteiger partial charge on any atom is -0.481 e. The summed E-state index contributed by atoms with van der Waals surface area (Å²) in [6, 6.07) is 7.71. The third-order valence-corrected chi connectivity index (χ3v) is 3.97. The van der Waals surface area contributed by atoms with E-state index in [2.05, 4.69) is 4.90 Å². The first-order chi connectivity index (χ1) is 8.40. The quantitative estimate of drug-likeness (QED) is 0.894. The minimum absolute atomic E-state index is 0.219. The lowest BCUT2D eigenvalue weighted by atomic mass is 9.74. The lowest BCUT2D eigenvalue weighted by Gasteiger charge is -2.43. The molecule has 3 nitrogen and oxygen atoms in total. The molecule has 0 amide bonds. The number of benzene rings is 1. The highest BCUT2D eigenvalue weighted by Gasteiger charge is 2.40. The Balaban J connectivity index is 2.15. The van der Waals surface area contributed by atoms with E-state index in [0.717, 1.165) is 23.8 Å². The Bertz CT molecular complexity index is 442. The van der Waals surface area contributed by atoms with Gasteiger partial charge in [0, 0.05) is 23.8 Å². The van der Waals surface area contributed by atoms with Crippen LogP contribution in [0.5, 0.6) is 0 Å². The lowest BCUT2D eigenvalue weighted by molar-refractivity contribution is -0.146. The fourth-order valence-corrected chi connectivity index (χ4v) is 2.81. The monoisotopic (exact) mass is 267 g/mol. The van der Waals surface area contributed by atoms with Gasteiger partial charge in [0.25, 0.3) is 0 Å². The number of anilines is 1. The number of piperidine rings is 1. The van der Waals surface area contributed by atoms with Crippen molar-refractivity contribution < 1.29 is 9.90 Å². The summed E-state index contributed by atoms with van der Waals surface area (Å²) in [6.45, 7) is 5.58. The van der Waals surface area contributed by atoms with Gasteiger partial charge in [-0.3, -0.25) is 4.79 Å². The van der Waals surface area contributed by atoms with Crippen LogP contribution in [-0.2, 0) is 4.79 Å². The van der Waals surface area contributed by atoms with E-state index in [1.807, 2.05) is 38.1 Å². The fraction of sp³-hybridized carbons (Fsp3) is 0.500. The van der Waals surface area contributed by atoms with Gasteiger partial charge in [-0.1, -0.05) is 25.4 Å². The summed E-state index contributed by atoms with van der Waals surface area (Å²) in [7, 11) is 0. The molecule has 2 rings (SSSR count). The number of aliphatic carboxylic acids is 1. The number of carbonyl (C=O) groups is 1. The minimum atomic E-state index is -0.684. The first kappa shape index (κ1) is 13.2. The second kappa shape index (κ2) is 4.81. The Morgan fingerprint density at radius 3 is 2.50 bits per heavy atom. The van der Waals surface area contributed by atoms with Crippen LogP contribution in [0.25, 0.3) is 0 Å². The van der Waals surface area contributed by atoms with Gasteiger partial charge >= 0.3 is 5.97 Å². The third kappa shape index (κ3) is 2.61. The number of rotatable bonds is 2. The van der Waals surface area contributed by atoms with Gasteiger partial charge in [-0.05, 0) is 36.1 Å². The zero-order valence-electron chi connectivity index (χ0n) is 10.7. The summed E-state index contributed by atoms with van der Waals surface area (Å²) in [6.07, 6.45) is 0.685. The summed E-state index contributed by atoms with van der Waals surface area (Å²) >= 11 is 5.88. The van der Waals surface area contributed by atoms with E-state index >= 15 is 0 Å². The van der Waals surface area contributed by atoms with Gasteiger partial charge in [-0.2, -0.15) is 0 Å². The van der Waals surface area contributed by atoms with Crippen LogP contribution in [-0.4, -0.2) is 24.2 Å². The first-order valence-corrected chi connectivity index (χ1v) is 6.51. The van der Waals surface area contributed by atoms with E-state index in [4.69, 9.17) is 11.6 Å². The zero-order chi connectivity index (χ0) is 13.3. The Labute approximate surface area is 112 Å². The van der Waals surface area contributed by atoms with Crippen LogP contribution in [0, 0.1) is 11.3 Å². The molecule has 1 aromatic rings. The highest BCUT2D eigenvalue weighted by Crippen LogP contribution is 2.37. The molecule has 0 aliphatic carbocycles. The predicted octanol–water partition coefficient (Wildman–Crippen LogP) is 3.28. The third-order valence-electron chi connectivity index (χ3n) is 3.72. The molecule has 1 aromatic carbocycles. The van der Waals surface area contributed by atoms with E-state index in [1.54, 1.807) is 0 Å². The van der Waals surface area contributed by atoms with Gasteiger partial charge in [0.2, 0.25) is 0 Å². The van der Waals surface area contributed by atoms with Gasteiger partial charge in [0.1, 0.15) is 0 Å². The number of halogens is 1. The summed E-state index contributed by atoms with van der Waals surface area (Å²) in [5, 5.41) is 9.95. The standard InChI is InChI=1S/C14H18ClNO2/c1-14(2)9-16(8-7-12(14)13(17)18)11-5-3-10(15)4-6-11/h3-6,12H,7-9H2,1-2H3,(H,17,18). The molecular formula is C14H18ClNO2. The van der Waals surface area contributed by atoms with Gasteiger partial charge < -0.3 is 10.0 Å². The van der Waals surface area contributed by atoms with Crippen LogP contribution in [0.1, 0.15) is 20.3 Å². The van der Waals surface area contributed by atoms with E-state index in [1.165, 1.54) is 0 Å². The van der Waals surface area contributed by atoms with Crippen LogP contribution in [0.4, 0.5) is 5.69 Å². The lowest BCUT2D eigenvalue weighted by Crippen LogP contribution is -2.48. The maximum atomic E-state index is 11.2. The summed E-state index contributed by atoms with van der Waals surface area (Å²) in [5.74, 6) is -0.947. The van der Waals surface area contributed by atoms with E-state index in [0.29, 0.717) is 6.42 Å². The first-order valence-electron chi connectivity index (χ1n) is 6.13. The maximum Gasteiger partial charge on any atom is 0.307 e. The molecule has 0 radical (unpaired) electrons. The highest BCUT2D eigenvalue weighted by molar-refractivity contribution is 6.30. The largest absolute Gasteiger partial charge is 0.481 e. The molecule has 0 saturated carbocycles. The molecule has 0 bridgehead atoms. The van der Waals surface area contributed by atoms with Crippen molar-refractivity contribution in [1.29, 1.82) is 0 Å². The SMILES string of the molecule is CC1(C)CN(c2ccc(Cl)cc2)CCC1C(=O)O. The molecular weight excluding hydrogens is 250 g/mol. The Hall–Kier alpha value is -1.22. The molecule has 1 aliphatic heterocycles. The van der Waals surface area contributed by atoms with Gasteiger partial charge in [-0.15, -0.1) is 0 Å². The fourth-order valence-electron chi connectivity index (χ4n) is 2.69. The van der Waals surface area contributed by atoms with Crippen LogP contribution >= 0.6 is 11.6 Å². The number of carboxylic acids is 1. The topological polar surface area (TPSA) is 40.5 Å². The molecule has 1 unspecified atom stereocenters. The van der Waals surface area contributed by atoms with Crippen molar-refractivity contribution in [3.05, 3.63) is 29.3 Å². The molecule has 1 heterocycles. The maximum absolute atomic E-state index is 11.2. The highest BCUT2D eigenvalue weighted by atomic mass is 35.5. The number of carboxylic acid groups (broad SMARTS) is 1. The molecule has 0 aromatic heterocycles. The molecule has 1 aliphatic rings. The molecule has 0 spiro atoms. The molecule has 1 fully saturated rings. The Kier molecular flexibility index (Phi) is 3.53. The second-order valence-electron chi connectivity index (χ2n) is 5.57. The summed E-state index contributed by atoms with van der Waals surface area (Å²) < 4.78 is 0. The number of hydrogen-bond acceptors (Lipinski definition) is 2. The molecule has 1 N–H and O–H groups in total. The van der Waals surface area contributed by atoms with E-state index < -0.39 is 5.97 Å². The Morgan fingerprint density at radius 2 is 2.00 bits per heavy atom. The van der Waals surface area contributed by atoms with E-state index in [-0.39, 0.29) is 11.3 Å². The van der Waals surface area contributed by atoms with Gasteiger partial charge in [0.05, 0.1) is 5.92 Å². The molecule has 1 saturated heterocycles. The number of nitrogens with zero attached hydrogens (tertiary/aromatic N) is 1. The van der Waals surface area contributed by atoms with Crippen LogP contribution in [0.3, 0.4) is 0 Å². The van der Waals surface area contributed by atoms with Crippen LogP contribution in [0.2, 0.25) is 5.02 Å². The Morgan fingerprint density at radius 1 is 1.39 bits per heavy atom. The predicted molar refractivity (Wildman–Crippen MR) is 73.2 cm³/mol. The smallest absolute Gasteiger partial charge is 0.307 e. The van der Waals surface area contributed by atoms with Gasteiger partial charge in [0.15, 0.2) is 0 Å². The molecule has 1 atom stereocenters. The normalized spacial score (nSPS) is 22.8.